The SMILES string of the molecule is COc1ccc2c3c1OC1C4(OC)C=CC5(CC4(C)C(C)(C)O)C(C2)N(C)CC[C@]315. The lowest BCUT2D eigenvalue weighted by atomic mass is 9.33. The largest absolute Gasteiger partial charge is 0.493 e. The Morgan fingerprint density at radius 1 is 1.23 bits per heavy atom. The lowest BCUT2D eigenvalue weighted by molar-refractivity contribution is -0.284. The zero-order valence-electron chi connectivity index (χ0n) is 18.9. The van der Waals surface area contributed by atoms with E-state index in [2.05, 4.69) is 43.2 Å². The molecule has 6 aliphatic rings. The third kappa shape index (κ3) is 1.63. The summed E-state index contributed by atoms with van der Waals surface area (Å²) in [7, 11) is 5.76. The minimum Gasteiger partial charge on any atom is -0.493 e. The van der Waals surface area contributed by atoms with Crippen molar-refractivity contribution in [2.75, 3.05) is 27.8 Å². The van der Waals surface area contributed by atoms with E-state index in [1.165, 1.54) is 11.1 Å². The van der Waals surface area contributed by atoms with E-state index in [0.29, 0.717) is 6.04 Å². The van der Waals surface area contributed by atoms with Crippen molar-refractivity contribution in [3.8, 4) is 11.5 Å². The van der Waals surface area contributed by atoms with Crippen LogP contribution < -0.4 is 9.47 Å². The molecule has 162 valence electrons. The highest BCUT2D eigenvalue weighted by molar-refractivity contribution is 5.66. The van der Waals surface area contributed by atoms with Gasteiger partial charge in [-0.05, 0) is 58.3 Å². The molecule has 1 saturated heterocycles. The number of nitrogens with zero attached hydrogens (tertiary/aromatic N) is 1. The van der Waals surface area contributed by atoms with Crippen LogP contribution in [-0.4, -0.2) is 61.2 Å². The van der Waals surface area contributed by atoms with Gasteiger partial charge in [0.25, 0.3) is 0 Å². The van der Waals surface area contributed by atoms with Crippen LogP contribution in [0.2, 0.25) is 0 Å². The highest BCUT2D eigenvalue weighted by Gasteiger charge is 2.83. The molecule has 1 aromatic rings. The summed E-state index contributed by atoms with van der Waals surface area (Å²) in [6, 6.07) is 4.67. The van der Waals surface area contributed by atoms with Crippen LogP contribution in [0.15, 0.2) is 24.3 Å². The summed E-state index contributed by atoms with van der Waals surface area (Å²) in [6.45, 7) is 7.10. The topological polar surface area (TPSA) is 51.2 Å². The third-order valence-corrected chi connectivity index (χ3v) is 10.0. The maximum atomic E-state index is 11.5. The van der Waals surface area contributed by atoms with E-state index in [4.69, 9.17) is 14.2 Å². The predicted molar refractivity (Wildman–Crippen MR) is 114 cm³/mol. The molecule has 5 nitrogen and oxygen atoms in total. The van der Waals surface area contributed by atoms with Crippen molar-refractivity contribution >= 4 is 0 Å². The van der Waals surface area contributed by atoms with E-state index in [1.807, 2.05) is 13.8 Å². The Labute approximate surface area is 179 Å². The van der Waals surface area contributed by atoms with Crippen molar-refractivity contribution in [1.29, 1.82) is 0 Å². The first-order valence-corrected chi connectivity index (χ1v) is 11.2. The normalized spacial score (nSPS) is 45.3. The van der Waals surface area contributed by atoms with Crippen molar-refractivity contribution in [1.82, 2.24) is 4.90 Å². The van der Waals surface area contributed by atoms with Gasteiger partial charge in [0.15, 0.2) is 11.5 Å². The van der Waals surface area contributed by atoms with Gasteiger partial charge < -0.3 is 24.2 Å². The zero-order valence-corrected chi connectivity index (χ0v) is 18.9. The van der Waals surface area contributed by atoms with Gasteiger partial charge >= 0.3 is 0 Å². The number of likely N-dealkylation sites (tertiary alicyclic amines) is 1. The lowest BCUT2D eigenvalue weighted by Gasteiger charge is -2.75. The van der Waals surface area contributed by atoms with Gasteiger partial charge in [-0.1, -0.05) is 25.1 Å². The minimum atomic E-state index is -0.933. The number of methoxy groups -OCH3 is 2. The van der Waals surface area contributed by atoms with E-state index in [-0.39, 0.29) is 16.9 Å². The van der Waals surface area contributed by atoms with Gasteiger partial charge in [-0.2, -0.15) is 0 Å². The molecule has 2 aliphatic heterocycles. The molecule has 7 rings (SSSR count). The van der Waals surface area contributed by atoms with Crippen molar-refractivity contribution in [3.63, 3.8) is 0 Å². The Balaban J connectivity index is 1.73. The summed E-state index contributed by atoms with van der Waals surface area (Å²) in [4.78, 5) is 2.54. The van der Waals surface area contributed by atoms with E-state index < -0.39 is 16.6 Å². The van der Waals surface area contributed by atoms with Gasteiger partial charge in [0.1, 0.15) is 11.7 Å². The molecule has 2 spiro atoms. The Kier molecular flexibility index (Phi) is 3.35. The quantitative estimate of drug-likeness (QED) is 0.775. The van der Waals surface area contributed by atoms with Crippen LogP contribution in [0.1, 0.15) is 44.7 Å². The number of rotatable bonds is 3. The average molecular weight is 412 g/mol. The minimum absolute atomic E-state index is 0.107. The number of fused-ring (bicyclic) bond motifs is 1. The molecule has 6 atom stereocenters. The van der Waals surface area contributed by atoms with Crippen LogP contribution >= 0.6 is 0 Å². The van der Waals surface area contributed by atoms with E-state index in [9.17, 15) is 5.11 Å². The van der Waals surface area contributed by atoms with Gasteiger partial charge in [0, 0.05) is 29.5 Å². The molecule has 1 N–H and O–H groups in total. The smallest absolute Gasteiger partial charge is 0.166 e. The second kappa shape index (κ2) is 5.25. The second-order valence-electron chi connectivity index (χ2n) is 11.0. The Morgan fingerprint density at radius 2 is 2.00 bits per heavy atom. The summed E-state index contributed by atoms with van der Waals surface area (Å²) in [6.07, 6.45) is 7.39. The van der Waals surface area contributed by atoms with Crippen molar-refractivity contribution in [2.45, 2.75) is 68.8 Å². The Hall–Kier alpha value is -1.56. The number of aliphatic hydroxyl groups is 1. The average Bonchev–Trinajstić information content (AvgIpc) is 3.06. The predicted octanol–water partition coefficient (Wildman–Crippen LogP) is 3.08. The molecule has 1 aromatic carbocycles. The molecule has 1 saturated carbocycles. The molecular weight excluding hydrogens is 378 g/mol. The van der Waals surface area contributed by atoms with Crippen LogP contribution in [0, 0.1) is 10.8 Å². The van der Waals surface area contributed by atoms with E-state index >= 15 is 0 Å². The molecule has 0 radical (unpaired) electrons. The maximum Gasteiger partial charge on any atom is 0.166 e. The van der Waals surface area contributed by atoms with Crippen LogP contribution in [-0.2, 0) is 16.6 Å². The highest BCUT2D eigenvalue weighted by atomic mass is 16.6. The molecule has 30 heavy (non-hydrogen) atoms. The fourth-order valence-corrected chi connectivity index (χ4v) is 8.30. The molecule has 2 fully saturated rings. The van der Waals surface area contributed by atoms with Gasteiger partial charge in [-0.25, -0.2) is 0 Å². The van der Waals surface area contributed by atoms with Gasteiger partial charge in [0.2, 0.25) is 0 Å². The van der Waals surface area contributed by atoms with Crippen LogP contribution in [0.3, 0.4) is 0 Å². The molecule has 0 aromatic heterocycles. The molecule has 5 heteroatoms. The summed E-state index contributed by atoms with van der Waals surface area (Å²) < 4.78 is 19.1. The first-order valence-electron chi connectivity index (χ1n) is 11.2. The summed E-state index contributed by atoms with van der Waals surface area (Å²) >= 11 is 0. The number of ether oxygens (including phenoxy) is 3. The van der Waals surface area contributed by atoms with Crippen LogP contribution in [0.25, 0.3) is 0 Å². The zero-order chi connectivity index (χ0) is 21.3. The van der Waals surface area contributed by atoms with Crippen LogP contribution in [0.5, 0.6) is 11.5 Å². The Morgan fingerprint density at radius 3 is 2.67 bits per heavy atom. The number of hydrogen-bond donors (Lipinski definition) is 1. The van der Waals surface area contributed by atoms with E-state index in [1.54, 1.807) is 14.2 Å². The molecular formula is C25H33NO4. The van der Waals surface area contributed by atoms with E-state index in [0.717, 1.165) is 37.3 Å². The molecule has 4 aliphatic carbocycles. The molecule has 2 heterocycles. The molecule has 0 amide bonds. The van der Waals surface area contributed by atoms with Crippen LogP contribution in [0.4, 0.5) is 0 Å². The second-order valence-corrected chi connectivity index (χ2v) is 11.0. The number of likely N-dealkylation sites (N-methyl/N-ethyl adjacent to an activating group) is 1. The first-order chi connectivity index (χ1) is 14.1. The number of benzene rings is 1. The molecule has 4 bridgehead atoms. The van der Waals surface area contributed by atoms with Gasteiger partial charge in [-0.15, -0.1) is 0 Å². The fourth-order valence-electron chi connectivity index (χ4n) is 8.30. The molecule has 5 unspecified atom stereocenters. The van der Waals surface area contributed by atoms with Gasteiger partial charge in [0.05, 0.1) is 18.1 Å². The summed E-state index contributed by atoms with van der Waals surface area (Å²) in [5.74, 6) is 1.71. The Bertz CT molecular complexity index is 982. The standard InChI is InChI=1S/C25H33NO4/c1-21(2,27)22(3)14-23-9-10-25(22,29-6)20-24(23)11-12-26(4)17(23)13-15-7-8-16(28-5)19(30-20)18(15)24/h7-10,17,20,27H,11-14H2,1-6H3/t17?,20?,22?,23?,24-,25?/m0/s1. The summed E-state index contributed by atoms with van der Waals surface area (Å²) in [5, 5.41) is 11.5. The number of piperidine rings is 1. The third-order valence-electron chi connectivity index (χ3n) is 10.0. The summed E-state index contributed by atoms with van der Waals surface area (Å²) in [5.41, 5.74) is 0.319. The lowest BCUT2D eigenvalue weighted by Crippen LogP contribution is -2.83. The maximum absolute atomic E-state index is 11.5. The number of hydrogen-bond acceptors (Lipinski definition) is 5. The monoisotopic (exact) mass is 411 g/mol. The van der Waals surface area contributed by atoms with Crippen molar-refractivity contribution < 1.29 is 19.3 Å². The fraction of sp³-hybridized carbons (Fsp3) is 0.680. The van der Waals surface area contributed by atoms with Crippen molar-refractivity contribution in [2.24, 2.45) is 10.8 Å². The van der Waals surface area contributed by atoms with Gasteiger partial charge in [-0.3, -0.25) is 0 Å². The highest BCUT2D eigenvalue weighted by Crippen LogP contribution is 2.78. The first kappa shape index (κ1) is 19.1. The van der Waals surface area contributed by atoms with Crippen molar-refractivity contribution in [3.05, 3.63) is 35.4 Å².